The van der Waals surface area contributed by atoms with Crippen LogP contribution in [0.1, 0.15) is 15.9 Å². The zero-order chi connectivity index (χ0) is 19.2. The summed E-state index contributed by atoms with van der Waals surface area (Å²) in [5.74, 6) is -0.119. The number of rotatable bonds is 6. The number of amides is 1. The highest BCUT2D eigenvalue weighted by Crippen LogP contribution is 2.29. The minimum Gasteiger partial charge on any atom is -0.465 e. The van der Waals surface area contributed by atoms with E-state index < -0.39 is 5.97 Å². The number of ether oxygens (including phenoxy) is 1. The number of aromatic nitrogens is 2. The van der Waals surface area contributed by atoms with Crippen LogP contribution < -0.4 is 10.6 Å². The van der Waals surface area contributed by atoms with E-state index in [9.17, 15) is 9.59 Å². The molecule has 0 saturated heterocycles. The molecule has 0 aliphatic rings. The number of carbonyl (C=O) groups is 2. The summed E-state index contributed by atoms with van der Waals surface area (Å²) in [4.78, 5) is 24.1. The van der Waals surface area contributed by atoms with Gasteiger partial charge in [-0.25, -0.2) is 4.79 Å². The van der Waals surface area contributed by atoms with Crippen LogP contribution in [0.5, 0.6) is 0 Å². The van der Waals surface area contributed by atoms with Gasteiger partial charge < -0.3 is 15.4 Å². The van der Waals surface area contributed by atoms with Crippen molar-refractivity contribution >= 4 is 40.7 Å². The molecule has 0 aliphatic carbocycles. The Morgan fingerprint density at radius 2 is 1.96 bits per heavy atom. The quantitative estimate of drug-likeness (QED) is 0.562. The minimum atomic E-state index is -0.454. The van der Waals surface area contributed by atoms with Crippen molar-refractivity contribution in [3.8, 4) is 0 Å². The smallest absolute Gasteiger partial charge is 0.339 e. The molecule has 1 heterocycles. The lowest BCUT2D eigenvalue weighted by Gasteiger charge is -2.13. The Kier molecular flexibility index (Phi) is 5.73. The maximum atomic E-state index is 12.1. The fourth-order valence-electron chi connectivity index (χ4n) is 2.51. The molecule has 27 heavy (non-hydrogen) atoms. The van der Waals surface area contributed by atoms with Crippen molar-refractivity contribution in [2.24, 2.45) is 0 Å². The van der Waals surface area contributed by atoms with Gasteiger partial charge in [0.1, 0.15) is 5.82 Å². The number of aromatic amines is 1. The summed E-state index contributed by atoms with van der Waals surface area (Å²) in [5.41, 5.74) is 2.29. The molecular formula is C19H17ClN4O3. The fraction of sp³-hybridized carbons (Fsp3) is 0.105. The van der Waals surface area contributed by atoms with Crippen LogP contribution in [0.25, 0.3) is 0 Å². The Labute approximate surface area is 160 Å². The molecule has 7 nitrogen and oxygen atoms in total. The van der Waals surface area contributed by atoms with Crippen LogP contribution >= 0.6 is 11.6 Å². The highest BCUT2D eigenvalue weighted by atomic mass is 35.5. The molecule has 2 aromatic carbocycles. The van der Waals surface area contributed by atoms with Crippen LogP contribution in [-0.2, 0) is 16.0 Å². The third-order valence-electron chi connectivity index (χ3n) is 3.77. The van der Waals surface area contributed by atoms with Crippen LogP contribution in [0, 0.1) is 0 Å². The Morgan fingerprint density at radius 1 is 1.15 bits per heavy atom. The van der Waals surface area contributed by atoms with Gasteiger partial charge in [-0.05, 0) is 29.8 Å². The number of hydrogen-bond acceptors (Lipinski definition) is 5. The number of esters is 1. The van der Waals surface area contributed by atoms with Gasteiger partial charge >= 0.3 is 5.97 Å². The van der Waals surface area contributed by atoms with E-state index in [2.05, 4.69) is 20.8 Å². The second-order valence-electron chi connectivity index (χ2n) is 5.67. The maximum Gasteiger partial charge on any atom is 0.339 e. The standard InChI is InChI=1S/C19H17ClN4O3/c1-27-19(26)13-4-2-3-5-15(13)22-16-10-12(6-7-14(16)20)11-18(25)23-17-8-9-21-24-17/h2-10,22H,11H2,1H3,(H2,21,23,24,25). The third kappa shape index (κ3) is 4.65. The van der Waals surface area contributed by atoms with E-state index in [1.54, 1.807) is 54.7 Å². The number of nitrogens with zero attached hydrogens (tertiary/aromatic N) is 1. The van der Waals surface area contributed by atoms with Gasteiger partial charge in [0.05, 0.1) is 41.7 Å². The Balaban J connectivity index is 1.78. The monoisotopic (exact) mass is 384 g/mol. The summed E-state index contributed by atoms with van der Waals surface area (Å²) < 4.78 is 4.80. The van der Waals surface area contributed by atoms with Gasteiger partial charge in [0.25, 0.3) is 0 Å². The van der Waals surface area contributed by atoms with Gasteiger partial charge in [-0.15, -0.1) is 0 Å². The molecule has 3 rings (SSSR count). The van der Waals surface area contributed by atoms with E-state index in [1.807, 2.05) is 0 Å². The average molecular weight is 385 g/mol. The Morgan fingerprint density at radius 3 is 2.70 bits per heavy atom. The van der Waals surface area contributed by atoms with Gasteiger partial charge in [-0.2, -0.15) is 5.10 Å². The maximum absolute atomic E-state index is 12.1. The summed E-state index contributed by atoms with van der Waals surface area (Å²) >= 11 is 6.27. The first-order valence-corrected chi connectivity index (χ1v) is 8.46. The second-order valence-corrected chi connectivity index (χ2v) is 6.08. The van der Waals surface area contributed by atoms with Crippen molar-refractivity contribution in [1.29, 1.82) is 0 Å². The molecule has 0 radical (unpaired) electrons. The molecule has 0 unspecified atom stereocenters. The molecule has 138 valence electrons. The van der Waals surface area contributed by atoms with E-state index in [1.165, 1.54) is 7.11 Å². The van der Waals surface area contributed by atoms with Crippen LogP contribution in [0.3, 0.4) is 0 Å². The zero-order valence-electron chi connectivity index (χ0n) is 14.5. The van der Waals surface area contributed by atoms with Crippen molar-refractivity contribution in [3.63, 3.8) is 0 Å². The number of anilines is 3. The molecular weight excluding hydrogens is 368 g/mol. The van der Waals surface area contributed by atoms with Crippen molar-refractivity contribution in [2.75, 3.05) is 17.7 Å². The zero-order valence-corrected chi connectivity index (χ0v) is 15.2. The van der Waals surface area contributed by atoms with E-state index in [0.717, 1.165) is 5.56 Å². The van der Waals surface area contributed by atoms with E-state index in [4.69, 9.17) is 16.3 Å². The number of nitrogens with one attached hydrogen (secondary N) is 3. The molecule has 1 amide bonds. The van der Waals surface area contributed by atoms with E-state index >= 15 is 0 Å². The lowest BCUT2D eigenvalue weighted by atomic mass is 10.1. The number of carbonyl (C=O) groups excluding carboxylic acids is 2. The lowest BCUT2D eigenvalue weighted by molar-refractivity contribution is -0.115. The number of halogens is 1. The molecule has 3 aromatic rings. The van der Waals surface area contributed by atoms with Crippen LogP contribution in [0.4, 0.5) is 17.2 Å². The Hall–Kier alpha value is -3.32. The highest BCUT2D eigenvalue weighted by Gasteiger charge is 2.13. The minimum absolute atomic E-state index is 0.156. The normalized spacial score (nSPS) is 10.3. The van der Waals surface area contributed by atoms with Gasteiger partial charge in [0.15, 0.2) is 0 Å². The summed E-state index contributed by atoms with van der Waals surface area (Å²) in [7, 11) is 1.32. The highest BCUT2D eigenvalue weighted by molar-refractivity contribution is 6.33. The largest absolute Gasteiger partial charge is 0.465 e. The van der Waals surface area contributed by atoms with Crippen molar-refractivity contribution in [1.82, 2.24) is 10.2 Å². The summed E-state index contributed by atoms with van der Waals surface area (Å²) in [6.45, 7) is 0. The molecule has 0 aliphatic heterocycles. The molecule has 8 heteroatoms. The molecule has 0 bridgehead atoms. The molecule has 0 saturated carbocycles. The topological polar surface area (TPSA) is 96.1 Å². The molecule has 0 spiro atoms. The Bertz CT molecular complexity index is 957. The van der Waals surface area contributed by atoms with Crippen molar-refractivity contribution in [2.45, 2.75) is 6.42 Å². The molecule has 0 fully saturated rings. The lowest BCUT2D eigenvalue weighted by Crippen LogP contribution is -2.14. The number of hydrogen-bond donors (Lipinski definition) is 3. The predicted molar refractivity (Wildman–Crippen MR) is 103 cm³/mol. The average Bonchev–Trinajstić information content (AvgIpc) is 3.17. The van der Waals surface area contributed by atoms with Gasteiger partial charge in [0, 0.05) is 6.07 Å². The van der Waals surface area contributed by atoms with Crippen LogP contribution in [-0.4, -0.2) is 29.2 Å². The van der Waals surface area contributed by atoms with Gasteiger partial charge in [-0.3, -0.25) is 9.89 Å². The van der Waals surface area contributed by atoms with E-state index in [-0.39, 0.29) is 12.3 Å². The van der Waals surface area contributed by atoms with Gasteiger partial charge in [0.2, 0.25) is 5.91 Å². The number of para-hydroxylation sites is 1. The van der Waals surface area contributed by atoms with Gasteiger partial charge in [-0.1, -0.05) is 29.8 Å². The third-order valence-corrected chi connectivity index (χ3v) is 4.10. The van der Waals surface area contributed by atoms with Crippen LogP contribution in [0.2, 0.25) is 5.02 Å². The van der Waals surface area contributed by atoms with Crippen molar-refractivity contribution < 1.29 is 14.3 Å². The van der Waals surface area contributed by atoms with Crippen molar-refractivity contribution in [3.05, 3.63) is 70.9 Å². The van der Waals surface area contributed by atoms with E-state index in [0.29, 0.717) is 27.8 Å². The number of benzene rings is 2. The second kappa shape index (κ2) is 8.37. The summed E-state index contributed by atoms with van der Waals surface area (Å²) in [5, 5.41) is 12.8. The molecule has 3 N–H and O–H groups in total. The number of H-pyrrole nitrogens is 1. The van der Waals surface area contributed by atoms with Crippen LogP contribution in [0.15, 0.2) is 54.7 Å². The summed E-state index contributed by atoms with van der Waals surface area (Å²) in [6.07, 6.45) is 1.71. The SMILES string of the molecule is COC(=O)c1ccccc1Nc1cc(CC(=O)Nc2ccn[nH]2)ccc1Cl. The first-order valence-electron chi connectivity index (χ1n) is 8.09. The molecule has 0 atom stereocenters. The molecule has 1 aromatic heterocycles. The fourth-order valence-corrected chi connectivity index (χ4v) is 2.67. The summed E-state index contributed by atoms with van der Waals surface area (Å²) in [6, 6.07) is 13.8. The number of methoxy groups -OCH3 is 1. The predicted octanol–water partition coefficient (Wildman–Crippen LogP) is 3.77. The first-order chi connectivity index (χ1) is 13.1. The first kappa shape index (κ1) is 18.5.